The van der Waals surface area contributed by atoms with E-state index in [4.69, 9.17) is 13.9 Å². The minimum atomic E-state index is -1.03. The van der Waals surface area contributed by atoms with Crippen LogP contribution in [0.5, 0.6) is 17.2 Å². The molecule has 1 aliphatic rings. The number of hydrogen-bond donors (Lipinski definition) is 0. The highest BCUT2D eigenvalue weighted by Gasteiger charge is 2.39. The Hall–Kier alpha value is -3.24. The standard InChI is InChI=1S/C32H35O3Si/c1-31(2,3)36(8)35-24-11-9-10-21(16-24)29-26-18-22(33-6)13-12-20(26)17-27-25-15-14-23(34-7)19-28(25)32(4,5)30(27)29/h9-19H,1-8H3. The monoisotopic (exact) mass is 495 g/mol. The second-order valence-electron chi connectivity index (χ2n) is 11.2. The third-order valence-corrected chi connectivity index (χ3v) is 10.3. The lowest BCUT2D eigenvalue weighted by atomic mass is 9.77. The van der Waals surface area contributed by atoms with Crippen molar-refractivity contribution >= 4 is 19.8 Å². The van der Waals surface area contributed by atoms with E-state index in [0.29, 0.717) is 0 Å². The summed E-state index contributed by atoms with van der Waals surface area (Å²) in [7, 11) is 2.43. The van der Waals surface area contributed by atoms with Crippen molar-refractivity contribution in [2.24, 2.45) is 0 Å². The number of ether oxygens (including phenoxy) is 2. The molecule has 0 bridgehead atoms. The molecule has 0 saturated carbocycles. The summed E-state index contributed by atoms with van der Waals surface area (Å²) in [5, 5.41) is 2.54. The zero-order valence-corrected chi connectivity index (χ0v) is 23.6. The van der Waals surface area contributed by atoms with E-state index < -0.39 is 9.04 Å². The maximum absolute atomic E-state index is 6.52. The predicted octanol–water partition coefficient (Wildman–Crippen LogP) is 8.63. The van der Waals surface area contributed by atoms with Crippen LogP contribution in [0, 0.1) is 0 Å². The third-order valence-electron chi connectivity index (χ3n) is 7.61. The molecule has 1 aliphatic carbocycles. The fourth-order valence-electron chi connectivity index (χ4n) is 5.25. The number of methoxy groups -OCH3 is 2. The van der Waals surface area contributed by atoms with Crippen LogP contribution in [0.2, 0.25) is 11.6 Å². The highest BCUT2D eigenvalue weighted by molar-refractivity contribution is 6.54. The fraction of sp³-hybridized carbons (Fsp3) is 0.312. The zero-order valence-electron chi connectivity index (χ0n) is 22.6. The lowest BCUT2D eigenvalue weighted by Crippen LogP contribution is -2.28. The maximum Gasteiger partial charge on any atom is 0.283 e. The molecule has 185 valence electrons. The predicted molar refractivity (Wildman–Crippen MR) is 152 cm³/mol. The van der Waals surface area contributed by atoms with Crippen LogP contribution in [0.4, 0.5) is 0 Å². The van der Waals surface area contributed by atoms with Crippen LogP contribution in [0.15, 0.2) is 66.7 Å². The normalized spacial score (nSPS) is 14.0. The smallest absolute Gasteiger partial charge is 0.283 e. The first-order valence-corrected chi connectivity index (χ1v) is 14.4. The largest absolute Gasteiger partial charge is 0.542 e. The topological polar surface area (TPSA) is 27.7 Å². The minimum absolute atomic E-state index is 0.150. The average Bonchev–Trinajstić information content (AvgIpc) is 3.07. The molecule has 0 heterocycles. The summed E-state index contributed by atoms with van der Waals surface area (Å²) >= 11 is 0. The van der Waals surface area contributed by atoms with Crippen LogP contribution in [-0.2, 0) is 5.41 Å². The molecule has 3 nitrogen and oxygen atoms in total. The molecular weight excluding hydrogens is 460 g/mol. The van der Waals surface area contributed by atoms with Crippen molar-refractivity contribution in [2.75, 3.05) is 14.2 Å². The molecule has 0 amide bonds. The summed E-state index contributed by atoms with van der Waals surface area (Å²) in [5.41, 5.74) is 7.39. The molecule has 0 atom stereocenters. The van der Waals surface area contributed by atoms with Crippen LogP contribution in [0.1, 0.15) is 45.7 Å². The molecule has 36 heavy (non-hydrogen) atoms. The number of fused-ring (bicyclic) bond motifs is 4. The molecule has 4 aromatic carbocycles. The molecule has 4 heteroatoms. The molecule has 0 aromatic heterocycles. The minimum Gasteiger partial charge on any atom is -0.542 e. The average molecular weight is 496 g/mol. The third kappa shape index (κ3) is 3.98. The summed E-state index contributed by atoms with van der Waals surface area (Å²) < 4.78 is 17.8. The van der Waals surface area contributed by atoms with Crippen LogP contribution < -0.4 is 13.9 Å². The van der Waals surface area contributed by atoms with Crippen molar-refractivity contribution in [1.82, 2.24) is 0 Å². The van der Waals surface area contributed by atoms with Gasteiger partial charge in [0.25, 0.3) is 9.04 Å². The van der Waals surface area contributed by atoms with Crippen LogP contribution in [0.25, 0.3) is 33.0 Å². The van der Waals surface area contributed by atoms with Crippen molar-refractivity contribution in [3.63, 3.8) is 0 Å². The van der Waals surface area contributed by atoms with E-state index in [9.17, 15) is 0 Å². The molecule has 0 spiro atoms. The molecule has 0 fully saturated rings. The van der Waals surface area contributed by atoms with Crippen molar-refractivity contribution in [3.8, 4) is 39.5 Å². The van der Waals surface area contributed by atoms with E-state index in [2.05, 4.69) is 102 Å². The summed E-state index contributed by atoms with van der Waals surface area (Å²) in [4.78, 5) is 0. The van der Waals surface area contributed by atoms with Gasteiger partial charge in [0.05, 0.1) is 14.2 Å². The fourth-order valence-corrected chi connectivity index (χ4v) is 6.03. The van der Waals surface area contributed by atoms with Crippen molar-refractivity contribution < 1.29 is 13.9 Å². The van der Waals surface area contributed by atoms with E-state index in [1.54, 1.807) is 14.2 Å². The van der Waals surface area contributed by atoms with E-state index in [1.807, 2.05) is 6.07 Å². The zero-order chi connectivity index (χ0) is 25.8. The van der Waals surface area contributed by atoms with E-state index in [0.717, 1.165) is 17.2 Å². The van der Waals surface area contributed by atoms with Gasteiger partial charge >= 0.3 is 0 Å². The van der Waals surface area contributed by atoms with Gasteiger partial charge in [0.15, 0.2) is 0 Å². The number of rotatable bonds is 5. The Morgan fingerprint density at radius 2 is 1.44 bits per heavy atom. The van der Waals surface area contributed by atoms with Gasteiger partial charge in [0.2, 0.25) is 0 Å². The second kappa shape index (κ2) is 8.70. The molecule has 0 N–H and O–H groups in total. The Labute approximate surface area is 216 Å². The lowest BCUT2D eigenvalue weighted by molar-refractivity contribution is 0.413. The highest BCUT2D eigenvalue weighted by atomic mass is 28.3. The second-order valence-corrected chi connectivity index (χ2v) is 14.1. The van der Waals surface area contributed by atoms with Gasteiger partial charge < -0.3 is 13.9 Å². The molecular formula is C32H35O3Si. The Morgan fingerprint density at radius 3 is 2.14 bits per heavy atom. The van der Waals surface area contributed by atoms with Crippen LogP contribution in [0.3, 0.4) is 0 Å². The van der Waals surface area contributed by atoms with Crippen molar-refractivity contribution in [1.29, 1.82) is 0 Å². The Balaban J connectivity index is 1.79. The SMILES string of the molecule is COc1ccc2c(c1)C(C)(C)c1c-2cc2ccc(OC)cc2c1-c1cccc(O[Si](C)C(C)(C)C)c1. The van der Waals surface area contributed by atoms with E-state index in [-0.39, 0.29) is 10.5 Å². The molecule has 0 aliphatic heterocycles. The molecule has 4 aromatic rings. The first-order valence-electron chi connectivity index (χ1n) is 12.5. The number of hydrogen-bond acceptors (Lipinski definition) is 3. The first kappa shape index (κ1) is 24.5. The van der Waals surface area contributed by atoms with Gasteiger partial charge in [-0.05, 0) is 98.2 Å². The van der Waals surface area contributed by atoms with E-state index >= 15 is 0 Å². The Bertz CT molecular complexity index is 1460. The molecule has 1 radical (unpaired) electrons. The number of benzene rings is 4. The molecule has 0 saturated heterocycles. The Morgan fingerprint density at radius 1 is 0.750 bits per heavy atom. The summed E-state index contributed by atoms with van der Waals surface area (Å²) in [5.74, 6) is 2.68. The lowest BCUT2D eigenvalue weighted by Gasteiger charge is -2.27. The Kier molecular flexibility index (Phi) is 5.91. The van der Waals surface area contributed by atoms with Crippen LogP contribution >= 0.6 is 0 Å². The van der Waals surface area contributed by atoms with Gasteiger partial charge in [0, 0.05) is 5.41 Å². The van der Waals surface area contributed by atoms with Crippen molar-refractivity contribution in [2.45, 2.75) is 51.6 Å². The first-order chi connectivity index (χ1) is 17.0. The summed E-state index contributed by atoms with van der Waals surface area (Å²) in [6.07, 6.45) is 0. The highest BCUT2D eigenvalue weighted by Crippen LogP contribution is 2.55. The van der Waals surface area contributed by atoms with Gasteiger partial charge in [-0.3, -0.25) is 0 Å². The van der Waals surface area contributed by atoms with Gasteiger partial charge in [-0.1, -0.05) is 58.9 Å². The van der Waals surface area contributed by atoms with E-state index in [1.165, 1.54) is 44.2 Å². The summed E-state index contributed by atoms with van der Waals surface area (Å²) in [6.45, 7) is 13.6. The van der Waals surface area contributed by atoms with Gasteiger partial charge in [0.1, 0.15) is 17.2 Å². The summed E-state index contributed by atoms with van der Waals surface area (Å²) in [6, 6.07) is 23.8. The molecule has 0 unspecified atom stereocenters. The molecule has 5 rings (SSSR count). The van der Waals surface area contributed by atoms with Crippen molar-refractivity contribution in [3.05, 3.63) is 77.9 Å². The van der Waals surface area contributed by atoms with Gasteiger partial charge in [-0.15, -0.1) is 0 Å². The van der Waals surface area contributed by atoms with Crippen LogP contribution in [-0.4, -0.2) is 23.3 Å². The maximum atomic E-state index is 6.52. The quantitative estimate of drug-likeness (QED) is 0.259. The van der Waals surface area contributed by atoms with Gasteiger partial charge in [-0.2, -0.15) is 0 Å². The van der Waals surface area contributed by atoms with Gasteiger partial charge in [-0.25, -0.2) is 0 Å².